The lowest BCUT2D eigenvalue weighted by molar-refractivity contribution is 0.0767. The van der Waals surface area contributed by atoms with E-state index in [0.29, 0.717) is 42.0 Å². The van der Waals surface area contributed by atoms with Gasteiger partial charge in [-0.05, 0) is 55.0 Å². The van der Waals surface area contributed by atoms with Gasteiger partial charge in [0, 0.05) is 42.8 Å². The highest BCUT2D eigenvalue weighted by molar-refractivity contribution is 6.30. The van der Waals surface area contributed by atoms with Crippen LogP contribution in [0.5, 0.6) is 0 Å². The second-order valence-electron chi connectivity index (χ2n) is 7.75. The highest BCUT2D eigenvalue weighted by Crippen LogP contribution is 2.19. The summed E-state index contributed by atoms with van der Waals surface area (Å²) in [5, 5.41) is 5.48. The minimum absolute atomic E-state index is 0.0328. The van der Waals surface area contributed by atoms with E-state index < -0.39 is 17.7 Å². The Bertz CT molecular complexity index is 1170. The summed E-state index contributed by atoms with van der Waals surface area (Å²) >= 11 is 5.91. The van der Waals surface area contributed by atoms with Crippen LogP contribution in [0.3, 0.4) is 0 Å². The van der Waals surface area contributed by atoms with E-state index in [9.17, 15) is 18.4 Å². The van der Waals surface area contributed by atoms with Crippen LogP contribution < -0.4 is 15.5 Å². The molecule has 2 heterocycles. The molecule has 2 N–H and O–H groups in total. The predicted octanol–water partition coefficient (Wildman–Crippen LogP) is 5.01. The lowest BCUT2D eigenvalue weighted by Crippen LogP contribution is -2.35. The minimum Gasteiger partial charge on any atom is -0.355 e. The number of hydrogen-bond donors (Lipinski definition) is 2. The predicted molar refractivity (Wildman–Crippen MR) is 127 cm³/mol. The van der Waals surface area contributed by atoms with Gasteiger partial charge < -0.3 is 20.4 Å². The number of nitrogens with zero attached hydrogens (tertiary/aromatic N) is 3. The Labute approximate surface area is 200 Å². The monoisotopic (exact) mass is 485 g/mol. The molecule has 3 amide bonds. The molecule has 2 aromatic carbocycles. The third-order valence-electron chi connectivity index (χ3n) is 5.38. The molecule has 1 fully saturated rings. The van der Waals surface area contributed by atoms with Gasteiger partial charge in [0.1, 0.15) is 17.5 Å². The molecule has 4 rings (SSSR count). The van der Waals surface area contributed by atoms with Crippen molar-refractivity contribution in [2.45, 2.75) is 6.42 Å². The number of urea groups is 1. The van der Waals surface area contributed by atoms with Crippen LogP contribution in [0.2, 0.25) is 5.02 Å². The average Bonchev–Trinajstić information content (AvgIpc) is 3.08. The quantitative estimate of drug-likeness (QED) is 0.544. The van der Waals surface area contributed by atoms with Crippen LogP contribution in [-0.2, 0) is 0 Å². The molecule has 1 aliphatic heterocycles. The molecule has 1 aliphatic rings. The first-order valence-electron chi connectivity index (χ1n) is 10.7. The fraction of sp³-hybridized carbons (Fsp3) is 0.208. The number of carbonyl (C=O) groups is 2. The zero-order valence-corrected chi connectivity index (χ0v) is 18.9. The van der Waals surface area contributed by atoms with Crippen LogP contribution in [0.1, 0.15) is 16.8 Å². The Morgan fingerprint density at radius 2 is 1.71 bits per heavy atom. The zero-order chi connectivity index (χ0) is 24.1. The maximum atomic E-state index is 13.7. The minimum atomic E-state index is -0.867. The molecular formula is C24H22ClF2N5O2. The number of halogens is 3. The Hall–Kier alpha value is -3.72. The number of nitrogens with one attached hydrogen (secondary N) is 2. The van der Waals surface area contributed by atoms with Crippen molar-refractivity contribution in [3.63, 3.8) is 0 Å². The summed E-state index contributed by atoms with van der Waals surface area (Å²) in [5.74, 6) is -0.909. The molecule has 0 atom stereocenters. The molecule has 0 bridgehead atoms. The molecule has 0 radical (unpaired) electrons. The standard InChI is InChI=1S/C24H22ClF2N5O2/c25-17-4-2-16(3-5-17)23(33)32-11-1-10-31(12-13-32)22-9-7-19(15-28-22)29-24(34)30-21-8-6-18(26)14-20(21)27/h2-9,14-15H,1,10-13H2,(H2,29,30,34). The third-order valence-corrected chi connectivity index (χ3v) is 5.64. The van der Waals surface area contributed by atoms with Gasteiger partial charge >= 0.3 is 6.03 Å². The molecule has 0 saturated carbocycles. The van der Waals surface area contributed by atoms with E-state index in [-0.39, 0.29) is 11.6 Å². The van der Waals surface area contributed by atoms with Crippen LogP contribution in [0, 0.1) is 11.6 Å². The van der Waals surface area contributed by atoms with Crippen molar-refractivity contribution in [2.75, 3.05) is 41.7 Å². The first-order chi connectivity index (χ1) is 16.4. The molecule has 1 saturated heterocycles. The molecule has 0 spiro atoms. The van der Waals surface area contributed by atoms with Crippen LogP contribution >= 0.6 is 11.6 Å². The van der Waals surface area contributed by atoms with E-state index in [0.717, 1.165) is 30.9 Å². The first kappa shape index (κ1) is 23.4. The van der Waals surface area contributed by atoms with Crippen LogP contribution in [0.4, 0.5) is 30.8 Å². The van der Waals surface area contributed by atoms with Gasteiger partial charge in [-0.1, -0.05) is 11.6 Å². The van der Waals surface area contributed by atoms with Gasteiger partial charge in [0.2, 0.25) is 0 Å². The fourth-order valence-electron chi connectivity index (χ4n) is 3.65. The smallest absolute Gasteiger partial charge is 0.323 e. The maximum Gasteiger partial charge on any atom is 0.323 e. The van der Waals surface area contributed by atoms with Crippen molar-refractivity contribution in [2.24, 2.45) is 0 Å². The zero-order valence-electron chi connectivity index (χ0n) is 18.1. The number of benzene rings is 2. The number of anilines is 3. The van der Waals surface area contributed by atoms with E-state index in [1.807, 2.05) is 4.90 Å². The summed E-state index contributed by atoms with van der Waals surface area (Å²) in [6.45, 7) is 2.53. The number of carbonyl (C=O) groups excluding carboxylic acids is 2. The molecule has 3 aromatic rings. The van der Waals surface area contributed by atoms with Gasteiger partial charge in [-0.2, -0.15) is 0 Å². The molecule has 0 aliphatic carbocycles. The molecule has 0 unspecified atom stereocenters. The largest absolute Gasteiger partial charge is 0.355 e. The van der Waals surface area contributed by atoms with Crippen LogP contribution in [-0.4, -0.2) is 48.0 Å². The van der Waals surface area contributed by atoms with E-state index in [1.54, 1.807) is 36.4 Å². The van der Waals surface area contributed by atoms with Gasteiger partial charge in [0.25, 0.3) is 5.91 Å². The summed E-state index contributed by atoms with van der Waals surface area (Å²) in [4.78, 5) is 33.2. The summed E-state index contributed by atoms with van der Waals surface area (Å²) in [5.41, 5.74) is 0.883. The van der Waals surface area contributed by atoms with Crippen molar-refractivity contribution in [3.05, 3.63) is 83.0 Å². The van der Waals surface area contributed by atoms with E-state index in [4.69, 9.17) is 11.6 Å². The van der Waals surface area contributed by atoms with Crippen LogP contribution in [0.15, 0.2) is 60.8 Å². The molecule has 10 heteroatoms. The highest BCUT2D eigenvalue weighted by atomic mass is 35.5. The second kappa shape index (κ2) is 10.5. The maximum absolute atomic E-state index is 13.7. The number of amides is 3. The van der Waals surface area contributed by atoms with Crippen molar-refractivity contribution in [1.82, 2.24) is 9.88 Å². The highest BCUT2D eigenvalue weighted by Gasteiger charge is 2.21. The summed E-state index contributed by atoms with van der Waals surface area (Å²) < 4.78 is 26.7. The van der Waals surface area contributed by atoms with Crippen molar-refractivity contribution >= 4 is 40.7 Å². The number of rotatable bonds is 4. The topological polar surface area (TPSA) is 77.6 Å². The number of aromatic nitrogens is 1. The first-order valence-corrected chi connectivity index (χ1v) is 11.1. The normalized spacial score (nSPS) is 13.9. The van der Waals surface area contributed by atoms with E-state index in [2.05, 4.69) is 20.5 Å². The van der Waals surface area contributed by atoms with Crippen molar-refractivity contribution < 1.29 is 18.4 Å². The van der Waals surface area contributed by atoms with Gasteiger partial charge in [-0.25, -0.2) is 18.6 Å². The fourth-order valence-corrected chi connectivity index (χ4v) is 3.77. The number of hydrogen-bond acceptors (Lipinski definition) is 4. The summed E-state index contributed by atoms with van der Waals surface area (Å²) in [6.07, 6.45) is 2.28. The summed E-state index contributed by atoms with van der Waals surface area (Å²) in [6, 6.07) is 12.5. The Balaban J connectivity index is 1.33. The molecule has 7 nitrogen and oxygen atoms in total. The van der Waals surface area contributed by atoms with Gasteiger partial charge in [0.15, 0.2) is 0 Å². The number of pyridine rings is 1. The average molecular weight is 486 g/mol. The molecular weight excluding hydrogens is 464 g/mol. The Kier molecular flexibility index (Phi) is 7.22. The van der Waals surface area contributed by atoms with Crippen molar-refractivity contribution in [3.8, 4) is 0 Å². The molecule has 1 aromatic heterocycles. The van der Waals surface area contributed by atoms with Gasteiger partial charge in [0.05, 0.1) is 17.6 Å². The lowest BCUT2D eigenvalue weighted by atomic mass is 10.2. The van der Waals surface area contributed by atoms with Gasteiger partial charge in [-0.15, -0.1) is 0 Å². The molecule has 176 valence electrons. The third kappa shape index (κ3) is 5.79. The van der Waals surface area contributed by atoms with E-state index >= 15 is 0 Å². The summed E-state index contributed by atoms with van der Waals surface area (Å²) in [7, 11) is 0. The second-order valence-corrected chi connectivity index (χ2v) is 8.18. The molecule has 34 heavy (non-hydrogen) atoms. The van der Waals surface area contributed by atoms with E-state index in [1.165, 1.54) is 6.20 Å². The SMILES string of the molecule is O=C(Nc1ccc(N2CCCN(C(=O)c3ccc(Cl)cc3)CC2)nc1)Nc1ccc(F)cc1F. The lowest BCUT2D eigenvalue weighted by Gasteiger charge is -2.23. The Morgan fingerprint density at radius 3 is 2.41 bits per heavy atom. The Morgan fingerprint density at radius 1 is 0.912 bits per heavy atom. The van der Waals surface area contributed by atoms with Crippen LogP contribution in [0.25, 0.3) is 0 Å². The van der Waals surface area contributed by atoms with Gasteiger partial charge in [-0.3, -0.25) is 4.79 Å². The van der Waals surface area contributed by atoms with Crippen molar-refractivity contribution in [1.29, 1.82) is 0 Å².